The molecule has 1 rings (SSSR count). The van der Waals surface area contributed by atoms with E-state index in [4.69, 9.17) is 0 Å². The molecule has 0 aliphatic rings. The van der Waals surface area contributed by atoms with Gasteiger partial charge in [-0.15, -0.1) is 0 Å². The van der Waals surface area contributed by atoms with Crippen LogP contribution in [0.2, 0.25) is 0 Å². The fourth-order valence-corrected chi connectivity index (χ4v) is 0.813. The standard InChI is InChI=1S/C7H13N2.AsF6/c1-3-8-5-6-9(4-2)7-8;2-1(3,4,5,6)7/h5-7H,3-4H2,1-2H3;/q+1;-1. The normalized spacial score (nSPS) is 15.8. The van der Waals surface area contributed by atoms with Crippen LogP contribution in [0.4, 0.5) is 20.8 Å². The zero-order valence-electron chi connectivity index (χ0n) is 8.76. The van der Waals surface area contributed by atoms with Gasteiger partial charge in [0.15, 0.2) is 0 Å². The third-order valence-electron chi connectivity index (χ3n) is 1.48. The van der Waals surface area contributed by atoms with Crippen molar-refractivity contribution in [1.82, 2.24) is 4.57 Å². The fourth-order valence-electron chi connectivity index (χ4n) is 0.813. The molecule has 0 aromatic carbocycles. The molecule has 0 amide bonds. The molecule has 9 heteroatoms. The molecular weight excluding hydrogens is 301 g/mol. The molecule has 0 unspecified atom stereocenters. The molecule has 2 nitrogen and oxygen atoms in total. The van der Waals surface area contributed by atoms with Gasteiger partial charge < -0.3 is 0 Å². The molecule has 0 atom stereocenters. The molecule has 0 bridgehead atoms. The van der Waals surface area contributed by atoms with E-state index in [-0.39, 0.29) is 0 Å². The number of rotatable bonds is 2. The second-order valence-electron chi connectivity index (χ2n) is 3.03. The summed E-state index contributed by atoms with van der Waals surface area (Å²) in [6.45, 7) is 6.40. The fraction of sp³-hybridized carbons (Fsp3) is 0.571. The molecule has 0 fully saturated rings. The van der Waals surface area contributed by atoms with Crippen LogP contribution in [0.25, 0.3) is 0 Å². The van der Waals surface area contributed by atoms with Crippen molar-refractivity contribution >= 4 is 14.2 Å². The number of imidazole rings is 1. The molecule has 0 radical (unpaired) electrons. The van der Waals surface area contributed by atoms with Crippen molar-refractivity contribution in [3.05, 3.63) is 18.7 Å². The molecule has 1 heterocycles. The first kappa shape index (κ1) is 15.3. The van der Waals surface area contributed by atoms with Gasteiger partial charge in [-0.05, 0) is 13.8 Å². The molecular formula is C7H13AsF6N2. The van der Waals surface area contributed by atoms with Gasteiger partial charge in [-0.1, -0.05) is 0 Å². The SMILES string of the molecule is CCn1cc[n+](CC)c1.F[As-](F)(F)(F)(F)F. The van der Waals surface area contributed by atoms with Gasteiger partial charge in [-0.25, -0.2) is 9.13 Å². The minimum absolute atomic E-state index is 1.06. The third-order valence-corrected chi connectivity index (χ3v) is 1.48. The summed E-state index contributed by atoms with van der Waals surface area (Å²) >= 11 is -11.1. The van der Waals surface area contributed by atoms with Crippen molar-refractivity contribution in [2.45, 2.75) is 26.9 Å². The van der Waals surface area contributed by atoms with E-state index in [0.29, 0.717) is 0 Å². The van der Waals surface area contributed by atoms with Gasteiger partial charge in [0.2, 0.25) is 6.33 Å². The third kappa shape index (κ3) is 13.3. The van der Waals surface area contributed by atoms with E-state index in [0.717, 1.165) is 13.1 Å². The Labute approximate surface area is 90.3 Å². The summed E-state index contributed by atoms with van der Waals surface area (Å²) in [6.07, 6.45) is 6.28. The first-order valence-electron chi connectivity index (χ1n) is 4.43. The average Bonchev–Trinajstić information content (AvgIpc) is 2.45. The summed E-state index contributed by atoms with van der Waals surface area (Å²) in [5.74, 6) is 0. The predicted molar refractivity (Wildman–Crippen MR) is 48.4 cm³/mol. The van der Waals surface area contributed by atoms with Gasteiger partial charge in [-0.3, -0.25) is 0 Å². The summed E-state index contributed by atoms with van der Waals surface area (Å²) in [5.41, 5.74) is 0. The quantitative estimate of drug-likeness (QED) is 0.451. The Morgan fingerprint density at radius 2 is 1.50 bits per heavy atom. The minimum atomic E-state index is -11.1. The van der Waals surface area contributed by atoms with Crippen molar-refractivity contribution < 1.29 is 25.4 Å². The Bertz CT molecular complexity index is 310. The van der Waals surface area contributed by atoms with Gasteiger partial charge >= 0.3 is 35.0 Å². The molecule has 0 aliphatic carbocycles. The number of aromatic nitrogens is 2. The summed E-state index contributed by atoms with van der Waals surface area (Å²) in [5, 5.41) is 0. The molecule has 16 heavy (non-hydrogen) atoms. The number of hydrogen-bond acceptors (Lipinski definition) is 0. The van der Waals surface area contributed by atoms with Crippen molar-refractivity contribution in [3.63, 3.8) is 0 Å². The Morgan fingerprint density at radius 1 is 1.06 bits per heavy atom. The number of halogens is 6. The average molecular weight is 314 g/mol. The van der Waals surface area contributed by atoms with E-state index in [9.17, 15) is 20.8 Å². The van der Waals surface area contributed by atoms with E-state index in [2.05, 4.69) is 41.7 Å². The van der Waals surface area contributed by atoms with Crippen LogP contribution in [-0.4, -0.2) is 18.7 Å². The summed E-state index contributed by atoms with van der Waals surface area (Å²) in [6, 6.07) is 0. The van der Waals surface area contributed by atoms with Crippen LogP contribution in [0.3, 0.4) is 0 Å². The molecule has 0 aliphatic heterocycles. The van der Waals surface area contributed by atoms with Crippen molar-refractivity contribution in [2.24, 2.45) is 0 Å². The van der Waals surface area contributed by atoms with Crippen LogP contribution in [0, 0.1) is 0 Å². The number of nitrogens with zero attached hydrogens (tertiary/aromatic N) is 2. The predicted octanol–water partition coefficient (Wildman–Crippen LogP) is 2.96. The Kier molecular flexibility index (Phi) is 3.82. The van der Waals surface area contributed by atoms with E-state index >= 15 is 0 Å². The van der Waals surface area contributed by atoms with Crippen LogP contribution in [0.1, 0.15) is 13.8 Å². The summed E-state index contributed by atoms with van der Waals surface area (Å²) in [4.78, 5) is 0. The molecule has 0 saturated carbocycles. The second-order valence-corrected chi connectivity index (χ2v) is 7.05. The van der Waals surface area contributed by atoms with Gasteiger partial charge in [0, 0.05) is 0 Å². The zero-order valence-corrected chi connectivity index (χ0v) is 10.6. The van der Waals surface area contributed by atoms with Crippen LogP contribution in [-0.2, 0) is 13.1 Å². The van der Waals surface area contributed by atoms with E-state index in [1.807, 2.05) is 0 Å². The Hall–Kier alpha value is -0.652. The second kappa shape index (κ2) is 3.98. The van der Waals surface area contributed by atoms with Crippen LogP contribution in [0.5, 0.6) is 0 Å². The van der Waals surface area contributed by atoms with Crippen LogP contribution >= 0.6 is 0 Å². The zero-order chi connectivity index (χ0) is 13.1. The van der Waals surface area contributed by atoms with Crippen molar-refractivity contribution in [1.29, 1.82) is 0 Å². The number of hydrogen-bond donors (Lipinski definition) is 0. The van der Waals surface area contributed by atoms with E-state index in [1.165, 1.54) is 0 Å². The first-order chi connectivity index (χ1) is 6.81. The monoisotopic (exact) mass is 314 g/mol. The molecule has 98 valence electrons. The topological polar surface area (TPSA) is 8.81 Å². The molecule has 1 aromatic rings. The summed E-state index contributed by atoms with van der Waals surface area (Å²) < 4.78 is 63.8. The van der Waals surface area contributed by atoms with Crippen LogP contribution < -0.4 is 4.57 Å². The van der Waals surface area contributed by atoms with Gasteiger partial charge in [0.05, 0.1) is 13.1 Å². The number of aryl methyl sites for hydroxylation is 2. The van der Waals surface area contributed by atoms with Crippen molar-refractivity contribution in [2.75, 3.05) is 0 Å². The van der Waals surface area contributed by atoms with Gasteiger partial charge in [0.25, 0.3) is 0 Å². The van der Waals surface area contributed by atoms with Gasteiger partial charge in [0.1, 0.15) is 12.4 Å². The maximum absolute atomic E-state index is 11.1. The van der Waals surface area contributed by atoms with Gasteiger partial charge in [-0.2, -0.15) is 0 Å². The Balaban J connectivity index is 0.000000293. The maximum atomic E-state index is 9.91. The van der Waals surface area contributed by atoms with Crippen LogP contribution in [0.15, 0.2) is 18.7 Å². The summed E-state index contributed by atoms with van der Waals surface area (Å²) in [7, 11) is 0. The Morgan fingerprint density at radius 3 is 1.69 bits per heavy atom. The van der Waals surface area contributed by atoms with E-state index in [1.54, 1.807) is 0 Å². The molecule has 0 saturated heterocycles. The van der Waals surface area contributed by atoms with E-state index < -0.39 is 14.2 Å². The first-order valence-corrected chi connectivity index (χ1v) is 8.68. The molecule has 1 aromatic heterocycles. The van der Waals surface area contributed by atoms with Crippen molar-refractivity contribution in [3.8, 4) is 0 Å². The molecule has 0 spiro atoms. The molecule has 0 N–H and O–H groups in total.